The van der Waals surface area contributed by atoms with Crippen LogP contribution in [0.25, 0.3) is 0 Å². The van der Waals surface area contributed by atoms with Crippen LogP contribution in [-0.2, 0) is 16.6 Å². The number of hydrogen-bond donors (Lipinski definition) is 3. The number of sulfonamides is 1. The van der Waals surface area contributed by atoms with Crippen molar-refractivity contribution in [1.82, 2.24) is 10.6 Å². The van der Waals surface area contributed by atoms with Gasteiger partial charge in [0.2, 0.25) is 10.0 Å². The fourth-order valence-electron chi connectivity index (χ4n) is 2.11. The number of primary sulfonamides is 1. The Morgan fingerprint density at radius 2 is 1.86 bits per heavy atom. The van der Waals surface area contributed by atoms with E-state index in [0.717, 1.165) is 24.4 Å². The van der Waals surface area contributed by atoms with E-state index in [-0.39, 0.29) is 28.9 Å². The Bertz CT molecular complexity index is 633. The lowest BCUT2D eigenvalue weighted by Gasteiger charge is -2.17. The van der Waals surface area contributed by atoms with E-state index < -0.39 is 10.0 Å². The average molecular weight is 436 g/mol. The van der Waals surface area contributed by atoms with Gasteiger partial charge in [0.05, 0.1) is 4.90 Å². The normalized spacial score (nSPS) is 15.5. The lowest BCUT2D eigenvalue weighted by molar-refractivity contribution is 0.597. The summed E-state index contributed by atoms with van der Waals surface area (Å²) in [6, 6.07) is 6.86. The summed E-state index contributed by atoms with van der Waals surface area (Å²) in [6.45, 7) is 0.560. The number of hydrogen-bond acceptors (Lipinski definition) is 3. The zero-order valence-electron chi connectivity index (χ0n) is 12.3. The van der Waals surface area contributed by atoms with Gasteiger partial charge in [-0.15, -0.1) is 24.0 Å². The van der Waals surface area contributed by atoms with Gasteiger partial charge in [-0.1, -0.05) is 24.3 Å². The number of guanidine groups is 1. The number of rotatable bonds is 4. The molecule has 0 saturated carbocycles. The molecule has 6 nitrogen and oxygen atoms in total. The molecule has 0 heterocycles. The van der Waals surface area contributed by atoms with Crippen LogP contribution in [0.3, 0.4) is 0 Å². The molecule has 0 radical (unpaired) electrons. The minimum atomic E-state index is -3.63. The quantitative estimate of drug-likeness (QED) is 0.287. The number of nitrogens with two attached hydrogens (primary N) is 1. The van der Waals surface area contributed by atoms with Gasteiger partial charge in [0.1, 0.15) is 0 Å². The third-order valence-corrected chi connectivity index (χ3v) is 4.21. The molecular weight excluding hydrogens is 415 g/mol. The van der Waals surface area contributed by atoms with Crippen LogP contribution < -0.4 is 15.8 Å². The van der Waals surface area contributed by atoms with Crippen LogP contribution in [0.5, 0.6) is 0 Å². The fourth-order valence-corrected chi connectivity index (χ4v) is 2.62. The molecular formula is C14H21IN4O2S. The zero-order chi connectivity index (χ0) is 15.3. The predicted molar refractivity (Wildman–Crippen MR) is 98.7 cm³/mol. The first-order chi connectivity index (χ1) is 9.99. The van der Waals surface area contributed by atoms with Crippen LogP contribution in [0, 0.1) is 0 Å². The molecule has 0 bridgehead atoms. The fraction of sp³-hybridized carbons (Fsp3) is 0.357. The minimum absolute atomic E-state index is 0. The molecule has 4 N–H and O–H groups in total. The summed E-state index contributed by atoms with van der Waals surface area (Å²) in [5.41, 5.74) is 0.954. The summed E-state index contributed by atoms with van der Waals surface area (Å²) in [7, 11) is -1.91. The average Bonchev–Trinajstić information content (AvgIpc) is 2.96. The van der Waals surface area contributed by atoms with Gasteiger partial charge in [-0.3, -0.25) is 4.99 Å². The Balaban J connectivity index is 0.00000242. The van der Waals surface area contributed by atoms with Gasteiger partial charge in [-0.2, -0.15) is 0 Å². The van der Waals surface area contributed by atoms with Crippen molar-refractivity contribution in [3.63, 3.8) is 0 Å². The van der Waals surface area contributed by atoms with Gasteiger partial charge in [0, 0.05) is 19.6 Å². The maximum atomic E-state index is 11.2. The highest BCUT2D eigenvalue weighted by molar-refractivity contribution is 14.0. The summed E-state index contributed by atoms with van der Waals surface area (Å²) in [5, 5.41) is 11.6. The number of nitrogens with zero attached hydrogens (tertiary/aromatic N) is 1. The van der Waals surface area contributed by atoms with Crippen molar-refractivity contribution in [3.8, 4) is 0 Å². The van der Waals surface area contributed by atoms with Gasteiger partial charge < -0.3 is 10.6 Å². The van der Waals surface area contributed by atoms with E-state index in [2.05, 4.69) is 27.8 Å². The van der Waals surface area contributed by atoms with E-state index in [9.17, 15) is 8.42 Å². The Morgan fingerprint density at radius 1 is 1.27 bits per heavy atom. The smallest absolute Gasteiger partial charge is 0.238 e. The highest BCUT2D eigenvalue weighted by Crippen LogP contribution is 2.10. The van der Waals surface area contributed by atoms with Crippen molar-refractivity contribution in [2.75, 3.05) is 7.05 Å². The van der Waals surface area contributed by atoms with Crippen LogP contribution in [0.15, 0.2) is 46.3 Å². The predicted octanol–water partition coefficient (Wildman–Crippen LogP) is 1.34. The van der Waals surface area contributed by atoms with Crippen LogP contribution in [0.2, 0.25) is 0 Å². The topological polar surface area (TPSA) is 96.6 Å². The molecule has 0 aromatic heterocycles. The molecule has 0 amide bonds. The van der Waals surface area contributed by atoms with Crippen LogP contribution in [0.1, 0.15) is 18.4 Å². The van der Waals surface area contributed by atoms with Crippen LogP contribution >= 0.6 is 24.0 Å². The van der Waals surface area contributed by atoms with E-state index in [1.807, 2.05) is 0 Å². The minimum Gasteiger partial charge on any atom is -0.353 e. The highest BCUT2D eigenvalue weighted by atomic mass is 127. The second kappa shape index (κ2) is 8.49. The van der Waals surface area contributed by atoms with Gasteiger partial charge in [-0.25, -0.2) is 13.6 Å². The van der Waals surface area contributed by atoms with E-state index in [4.69, 9.17) is 5.14 Å². The van der Waals surface area contributed by atoms with Crippen LogP contribution in [0.4, 0.5) is 0 Å². The Hall–Kier alpha value is -1.13. The van der Waals surface area contributed by atoms with Crippen molar-refractivity contribution in [1.29, 1.82) is 0 Å². The molecule has 1 aromatic rings. The molecule has 2 rings (SSSR count). The summed E-state index contributed by atoms with van der Waals surface area (Å²) in [5.74, 6) is 0.735. The molecule has 22 heavy (non-hydrogen) atoms. The van der Waals surface area contributed by atoms with Gasteiger partial charge in [0.15, 0.2) is 5.96 Å². The SMILES string of the molecule is CN=C(NCc1ccc(S(N)(=O)=O)cc1)NC1CC=CC1.I. The van der Waals surface area contributed by atoms with Crippen molar-refractivity contribution in [2.24, 2.45) is 10.1 Å². The maximum absolute atomic E-state index is 11.2. The first-order valence-electron chi connectivity index (χ1n) is 6.73. The summed E-state index contributed by atoms with van der Waals surface area (Å²) in [6.07, 6.45) is 6.31. The second-order valence-electron chi connectivity index (χ2n) is 4.90. The number of aliphatic imine (C=N–C) groups is 1. The van der Waals surface area contributed by atoms with E-state index in [1.165, 1.54) is 12.1 Å². The van der Waals surface area contributed by atoms with E-state index in [1.54, 1.807) is 19.2 Å². The van der Waals surface area contributed by atoms with Gasteiger partial charge >= 0.3 is 0 Å². The third-order valence-electron chi connectivity index (χ3n) is 3.28. The first-order valence-corrected chi connectivity index (χ1v) is 8.27. The summed E-state index contributed by atoms with van der Waals surface area (Å²) < 4.78 is 22.4. The molecule has 0 atom stereocenters. The van der Waals surface area contributed by atoms with Crippen molar-refractivity contribution in [2.45, 2.75) is 30.3 Å². The van der Waals surface area contributed by atoms with Crippen molar-refractivity contribution >= 4 is 40.0 Å². The molecule has 0 unspecified atom stereocenters. The Kier molecular flexibility index (Phi) is 7.30. The molecule has 8 heteroatoms. The summed E-state index contributed by atoms with van der Waals surface area (Å²) in [4.78, 5) is 4.29. The van der Waals surface area contributed by atoms with Gasteiger partial charge in [-0.05, 0) is 30.5 Å². The molecule has 1 aliphatic rings. The highest BCUT2D eigenvalue weighted by Gasteiger charge is 2.11. The number of nitrogens with one attached hydrogen (secondary N) is 2. The Labute approximate surface area is 148 Å². The monoisotopic (exact) mass is 436 g/mol. The molecule has 0 aliphatic heterocycles. The summed E-state index contributed by atoms with van der Waals surface area (Å²) >= 11 is 0. The molecule has 1 aliphatic carbocycles. The third kappa shape index (κ3) is 5.58. The first kappa shape index (κ1) is 18.9. The van der Waals surface area contributed by atoms with E-state index >= 15 is 0 Å². The molecule has 0 spiro atoms. The Morgan fingerprint density at radius 3 is 2.36 bits per heavy atom. The van der Waals surface area contributed by atoms with Gasteiger partial charge in [0.25, 0.3) is 0 Å². The number of benzene rings is 1. The zero-order valence-corrected chi connectivity index (χ0v) is 15.5. The second-order valence-corrected chi connectivity index (χ2v) is 6.46. The standard InChI is InChI=1S/C14H20N4O2S.HI/c1-16-14(18-12-4-2-3-5-12)17-10-11-6-8-13(9-7-11)21(15,19)20;/h2-3,6-9,12H,4-5,10H2,1H3,(H2,15,19,20)(H2,16,17,18);1H. The molecule has 122 valence electrons. The lowest BCUT2D eigenvalue weighted by Crippen LogP contribution is -2.42. The number of halogens is 1. The van der Waals surface area contributed by atoms with Crippen molar-refractivity contribution in [3.05, 3.63) is 42.0 Å². The molecule has 1 aromatic carbocycles. The molecule has 0 saturated heterocycles. The maximum Gasteiger partial charge on any atom is 0.238 e. The largest absolute Gasteiger partial charge is 0.353 e. The van der Waals surface area contributed by atoms with E-state index in [0.29, 0.717) is 12.6 Å². The lowest BCUT2D eigenvalue weighted by atomic mass is 10.2. The van der Waals surface area contributed by atoms with Crippen LogP contribution in [-0.4, -0.2) is 27.5 Å². The molecule has 0 fully saturated rings. The van der Waals surface area contributed by atoms with Crippen molar-refractivity contribution < 1.29 is 8.42 Å².